The molecule has 2 nitrogen and oxygen atoms in total. The Morgan fingerprint density at radius 2 is 2.40 bits per heavy atom. The van der Waals surface area contributed by atoms with Crippen molar-refractivity contribution in [3.8, 4) is 0 Å². The van der Waals surface area contributed by atoms with Crippen molar-refractivity contribution < 1.29 is 4.74 Å². The first-order valence-electron chi connectivity index (χ1n) is 3.83. The zero-order valence-corrected chi connectivity index (χ0v) is 6.47. The summed E-state index contributed by atoms with van der Waals surface area (Å²) >= 11 is 0. The van der Waals surface area contributed by atoms with Gasteiger partial charge in [0.2, 0.25) is 0 Å². The highest BCUT2D eigenvalue weighted by atomic mass is 16.5. The quantitative estimate of drug-likeness (QED) is 0.580. The number of hydrogen-bond acceptors (Lipinski definition) is 2. The molecule has 0 bridgehead atoms. The van der Waals surface area contributed by atoms with Gasteiger partial charge in [-0.3, -0.25) is 0 Å². The van der Waals surface area contributed by atoms with Crippen LogP contribution in [0.3, 0.4) is 0 Å². The molecule has 0 radical (unpaired) electrons. The van der Waals surface area contributed by atoms with Gasteiger partial charge in [0.05, 0.1) is 6.61 Å². The molecular weight excluding hydrogens is 126 g/mol. The molecule has 0 heterocycles. The number of rotatable bonds is 5. The van der Waals surface area contributed by atoms with Crippen molar-refractivity contribution in [1.29, 1.82) is 0 Å². The first kappa shape index (κ1) is 7.61. The van der Waals surface area contributed by atoms with Crippen LogP contribution >= 0.6 is 0 Å². The minimum Gasteiger partial charge on any atom is -0.394 e. The molecule has 1 aliphatic carbocycles. The van der Waals surface area contributed by atoms with Crippen LogP contribution in [0.2, 0.25) is 0 Å². The van der Waals surface area contributed by atoms with Crippen LogP contribution in [0, 0.1) is 5.92 Å². The molecule has 10 heavy (non-hydrogen) atoms. The molecule has 0 saturated heterocycles. The van der Waals surface area contributed by atoms with Gasteiger partial charge in [0.25, 0.3) is 0 Å². The SMILES string of the molecule is CN/C=C/COCC1CC1. The third kappa shape index (κ3) is 3.51. The highest BCUT2D eigenvalue weighted by molar-refractivity contribution is 4.78. The largest absolute Gasteiger partial charge is 0.394 e. The molecule has 0 unspecified atom stereocenters. The predicted octanol–water partition coefficient (Wildman–Crippen LogP) is 1.15. The lowest BCUT2D eigenvalue weighted by molar-refractivity contribution is 0.151. The summed E-state index contributed by atoms with van der Waals surface area (Å²) in [7, 11) is 1.89. The van der Waals surface area contributed by atoms with Gasteiger partial charge in [0, 0.05) is 13.7 Å². The van der Waals surface area contributed by atoms with E-state index in [-0.39, 0.29) is 0 Å². The van der Waals surface area contributed by atoms with Crippen LogP contribution in [0.5, 0.6) is 0 Å². The minimum atomic E-state index is 0.747. The maximum atomic E-state index is 5.33. The predicted molar refractivity (Wildman–Crippen MR) is 41.7 cm³/mol. The number of ether oxygens (including phenoxy) is 1. The molecule has 0 aromatic rings. The van der Waals surface area contributed by atoms with E-state index in [0.717, 1.165) is 19.1 Å². The van der Waals surface area contributed by atoms with Crippen LogP contribution in [-0.4, -0.2) is 20.3 Å². The lowest BCUT2D eigenvalue weighted by Gasteiger charge is -1.96. The Hall–Kier alpha value is -0.500. The molecule has 0 amide bonds. The molecule has 0 aromatic carbocycles. The average molecular weight is 141 g/mol. The molecule has 1 saturated carbocycles. The van der Waals surface area contributed by atoms with Crippen LogP contribution in [0.1, 0.15) is 12.8 Å². The van der Waals surface area contributed by atoms with Crippen LogP contribution < -0.4 is 5.32 Å². The molecule has 0 spiro atoms. The molecule has 1 aliphatic rings. The maximum Gasteiger partial charge on any atom is 0.0664 e. The summed E-state index contributed by atoms with van der Waals surface area (Å²) in [5, 5.41) is 2.91. The highest BCUT2D eigenvalue weighted by Gasteiger charge is 2.20. The summed E-state index contributed by atoms with van der Waals surface area (Å²) in [5.41, 5.74) is 0. The van der Waals surface area contributed by atoms with Crippen LogP contribution in [-0.2, 0) is 4.74 Å². The van der Waals surface area contributed by atoms with Gasteiger partial charge in [-0.2, -0.15) is 0 Å². The Morgan fingerprint density at radius 3 is 3.00 bits per heavy atom. The van der Waals surface area contributed by atoms with Gasteiger partial charge >= 0.3 is 0 Å². The van der Waals surface area contributed by atoms with Crippen molar-refractivity contribution in [2.75, 3.05) is 20.3 Å². The van der Waals surface area contributed by atoms with Crippen molar-refractivity contribution in [3.05, 3.63) is 12.3 Å². The van der Waals surface area contributed by atoms with Crippen LogP contribution in [0.4, 0.5) is 0 Å². The minimum absolute atomic E-state index is 0.747. The van der Waals surface area contributed by atoms with E-state index in [9.17, 15) is 0 Å². The van der Waals surface area contributed by atoms with E-state index in [4.69, 9.17) is 4.74 Å². The first-order valence-corrected chi connectivity index (χ1v) is 3.83. The van der Waals surface area contributed by atoms with Crippen molar-refractivity contribution in [1.82, 2.24) is 5.32 Å². The Labute approximate surface area is 62.3 Å². The summed E-state index contributed by atoms with van der Waals surface area (Å²) in [6, 6.07) is 0. The standard InChI is InChI=1S/C8H15NO/c1-9-5-2-6-10-7-8-3-4-8/h2,5,8-9H,3-4,6-7H2,1H3/b5-2+. The average Bonchev–Trinajstić information content (AvgIpc) is 2.71. The van der Waals surface area contributed by atoms with E-state index in [1.165, 1.54) is 12.8 Å². The molecule has 1 fully saturated rings. The highest BCUT2D eigenvalue weighted by Crippen LogP contribution is 2.28. The molecular formula is C8H15NO. The van der Waals surface area contributed by atoms with E-state index < -0.39 is 0 Å². The van der Waals surface area contributed by atoms with Crippen molar-refractivity contribution >= 4 is 0 Å². The third-order valence-electron chi connectivity index (χ3n) is 1.55. The zero-order valence-electron chi connectivity index (χ0n) is 6.47. The van der Waals surface area contributed by atoms with E-state index in [0.29, 0.717) is 0 Å². The normalized spacial score (nSPS) is 18.1. The van der Waals surface area contributed by atoms with Crippen molar-refractivity contribution in [3.63, 3.8) is 0 Å². The topological polar surface area (TPSA) is 21.3 Å². The second-order valence-corrected chi connectivity index (χ2v) is 2.67. The number of nitrogens with one attached hydrogen (secondary N) is 1. The van der Waals surface area contributed by atoms with Gasteiger partial charge in [-0.25, -0.2) is 0 Å². The van der Waals surface area contributed by atoms with Gasteiger partial charge in [0.15, 0.2) is 0 Å². The molecule has 0 aromatic heterocycles. The number of hydrogen-bond donors (Lipinski definition) is 1. The zero-order chi connectivity index (χ0) is 7.23. The summed E-state index contributed by atoms with van der Waals surface area (Å²) < 4.78 is 5.33. The Balaban J connectivity index is 1.80. The van der Waals surface area contributed by atoms with Gasteiger partial charge < -0.3 is 10.1 Å². The van der Waals surface area contributed by atoms with Crippen molar-refractivity contribution in [2.24, 2.45) is 5.92 Å². The molecule has 2 heteroatoms. The Kier molecular flexibility index (Phi) is 3.30. The first-order chi connectivity index (χ1) is 4.93. The fraction of sp³-hybridized carbons (Fsp3) is 0.750. The van der Waals surface area contributed by atoms with Gasteiger partial charge in [-0.15, -0.1) is 0 Å². The smallest absolute Gasteiger partial charge is 0.0664 e. The molecule has 58 valence electrons. The van der Waals surface area contributed by atoms with Gasteiger partial charge in [0.1, 0.15) is 0 Å². The lowest BCUT2D eigenvalue weighted by atomic mass is 10.5. The molecule has 0 aliphatic heterocycles. The second-order valence-electron chi connectivity index (χ2n) is 2.67. The Bertz CT molecular complexity index is 108. The Morgan fingerprint density at radius 1 is 1.60 bits per heavy atom. The third-order valence-corrected chi connectivity index (χ3v) is 1.55. The van der Waals surface area contributed by atoms with Crippen LogP contribution in [0.15, 0.2) is 12.3 Å². The van der Waals surface area contributed by atoms with Gasteiger partial charge in [-0.1, -0.05) is 0 Å². The fourth-order valence-electron chi connectivity index (χ4n) is 0.753. The van der Waals surface area contributed by atoms with E-state index in [1.807, 2.05) is 19.3 Å². The van der Waals surface area contributed by atoms with E-state index in [2.05, 4.69) is 5.32 Å². The van der Waals surface area contributed by atoms with E-state index >= 15 is 0 Å². The monoisotopic (exact) mass is 141 g/mol. The summed E-state index contributed by atoms with van der Waals surface area (Å²) in [6.07, 6.45) is 6.63. The lowest BCUT2D eigenvalue weighted by Crippen LogP contribution is -1.98. The van der Waals surface area contributed by atoms with Gasteiger partial charge in [-0.05, 0) is 31.0 Å². The molecule has 1 rings (SSSR count). The molecule has 0 atom stereocenters. The summed E-state index contributed by atoms with van der Waals surface area (Å²) in [5.74, 6) is 0.878. The van der Waals surface area contributed by atoms with Crippen molar-refractivity contribution in [2.45, 2.75) is 12.8 Å². The summed E-state index contributed by atoms with van der Waals surface area (Å²) in [4.78, 5) is 0. The maximum absolute atomic E-state index is 5.33. The second kappa shape index (κ2) is 4.34. The summed E-state index contributed by atoms with van der Waals surface area (Å²) in [6.45, 7) is 1.70. The fourth-order valence-corrected chi connectivity index (χ4v) is 0.753. The van der Waals surface area contributed by atoms with E-state index in [1.54, 1.807) is 0 Å². The van der Waals surface area contributed by atoms with Crippen LogP contribution in [0.25, 0.3) is 0 Å². The molecule has 1 N–H and O–H groups in total.